The number of ketones is 2. The Balaban J connectivity index is 3.35. The van der Waals surface area contributed by atoms with Gasteiger partial charge in [0.05, 0.1) is 0 Å². The number of nitrogens with one attached hydrogen (secondary N) is 1. The molecule has 0 saturated heterocycles. The highest BCUT2D eigenvalue weighted by Crippen LogP contribution is 2.25. The summed E-state index contributed by atoms with van der Waals surface area (Å²) in [6.07, 6.45) is 0.335. The van der Waals surface area contributed by atoms with Crippen molar-refractivity contribution in [2.75, 3.05) is 6.54 Å². The lowest BCUT2D eigenvalue weighted by Crippen LogP contribution is -2.54. The van der Waals surface area contributed by atoms with Crippen LogP contribution in [-0.2, 0) is 15.1 Å². The molecule has 0 aliphatic rings. The Morgan fingerprint density at radius 1 is 1.18 bits per heavy atom. The maximum Gasteiger partial charge on any atom is 0.164 e. The predicted octanol–water partition coefficient (Wildman–Crippen LogP) is 2.06. The first-order valence-corrected chi connectivity index (χ1v) is 5.94. The fourth-order valence-electron chi connectivity index (χ4n) is 2.10. The minimum atomic E-state index is -1.18. The molecule has 0 spiro atoms. The number of benzene rings is 1. The van der Waals surface area contributed by atoms with Crippen LogP contribution in [-0.4, -0.2) is 18.1 Å². The number of carbonyl (C=O) groups excluding carboxylic acids is 2. The molecule has 0 amide bonds. The van der Waals surface area contributed by atoms with Crippen LogP contribution in [0.5, 0.6) is 0 Å². The van der Waals surface area contributed by atoms with E-state index in [9.17, 15) is 9.59 Å². The van der Waals surface area contributed by atoms with Gasteiger partial charge in [-0.3, -0.25) is 14.9 Å². The minimum absolute atomic E-state index is 0.0851. The van der Waals surface area contributed by atoms with Gasteiger partial charge >= 0.3 is 0 Å². The molecule has 1 rings (SSSR count). The summed E-state index contributed by atoms with van der Waals surface area (Å²) in [6, 6.07) is 9.19. The molecule has 1 N–H and O–H groups in total. The van der Waals surface area contributed by atoms with Gasteiger partial charge in [0.15, 0.2) is 17.1 Å². The molecule has 3 nitrogen and oxygen atoms in total. The Labute approximate surface area is 102 Å². The van der Waals surface area contributed by atoms with Crippen molar-refractivity contribution in [3.63, 3.8) is 0 Å². The summed E-state index contributed by atoms with van der Waals surface area (Å²) >= 11 is 0. The fourth-order valence-corrected chi connectivity index (χ4v) is 2.10. The molecule has 3 heteroatoms. The monoisotopic (exact) mass is 233 g/mol. The predicted molar refractivity (Wildman–Crippen MR) is 67.8 cm³/mol. The van der Waals surface area contributed by atoms with Crippen molar-refractivity contribution in [3.8, 4) is 0 Å². The first-order valence-electron chi connectivity index (χ1n) is 5.94. The molecule has 92 valence electrons. The van der Waals surface area contributed by atoms with Crippen molar-refractivity contribution >= 4 is 11.6 Å². The van der Waals surface area contributed by atoms with Crippen LogP contribution in [0.1, 0.15) is 32.8 Å². The van der Waals surface area contributed by atoms with Crippen molar-refractivity contribution < 1.29 is 9.59 Å². The second kappa shape index (κ2) is 5.73. The fraction of sp³-hybridized carbons (Fsp3) is 0.429. The molecule has 0 aromatic heterocycles. The summed E-state index contributed by atoms with van der Waals surface area (Å²) in [7, 11) is 0. The van der Waals surface area contributed by atoms with Gasteiger partial charge in [0, 0.05) is 6.42 Å². The van der Waals surface area contributed by atoms with Crippen LogP contribution >= 0.6 is 0 Å². The quantitative estimate of drug-likeness (QED) is 0.765. The van der Waals surface area contributed by atoms with Crippen molar-refractivity contribution in [1.82, 2.24) is 5.32 Å². The molecule has 0 fully saturated rings. The van der Waals surface area contributed by atoms with E-state index >= 15 is 0 Å². The van der Waals surface area contributed by atoms with E-state index in [-0.39, 0.29) is 11.6 Å². The van der Waals surface area contributed by atoms with Gasteiger partial charge in [0.2, 0.25) is 0 Å². The highest BCUT2D eigenvalue weighted by atomic mass is 16.2. The van der Waals surface area contributed by atoms with Crippen LogP contribution in [0, 0.1) is 0 Å². The Bertz CT molecular complexity index is 400. The summed E-state index contributed by atoms with van der Waals surface area (Å²) in [5.74, 6) is -0.240. The van der Waals surface area contributed by atoms with Crippen molar-refractivity contribution in [1.29, 1.82) is 0 Å². The molecule has 0 heterocycles. The summed E-state index contributed by atoms with van der Waals surface area (Å²) in [5.41, 5.74) is -0.452. The molecule has 0 bridgehead atoms. The molecule has 0 saturated carbocycles. The standard InChI is InChI=1S/C14H19NO2/c1-4-13(17)14(11(3)16,15-5-2)12-9-7-6-8-10-12/h6-10,15H,4-5H2,1-3H3. The third-order valence-corrected chi connectivity index (χ3v) is 2.92. The van der Waals surface area contributed by atoms with Crippen LogP contribution in [0.3, 0.4) is 0 Å². The molecule has 0 aliphatic carbocycles. The number of hydrogen-bond donors (Lipinski definition) is 1. The van der Waals surface area contributed by atoms with E-state index in [2.05, 4.69) is 5.32 Å². The van der Waals surface area contributed by atoms with Crippen LogP contribution in [0.4, 0.5) is 0 Å². The first-order chi connectivity index (χ1) is 8.09. The second-order valence-electron chi connectivity index (χ2n) is 3.98. The molecule has 1 atom stereocenters. The number of rotatable bonds is 6. The Morgan fingerprint density at radius 3 is 2.18 bits per heavy atom. The topological polar surface area (TPSA) is 46.2 Å². The maximum atomic E-state index is 12.2. The first kappa shape index (κ1) is 13.6. The van der Waals surface area contributed by atoms with Gasteiger partial charge in [-0.25, -0.2) is 0 Å². The third kappa shape index (κ3) is 2.44. The molecule has 0 radical (unpaired) electrons. The van der Waals surface area contributed by atoms with Gasteiger partial charge in [-0.15, -0.1) is 0 Å². The van der Waals surface area contributed by atoms with E-state index < -0.39 is 5.54 Å². The van der Waals surface area contributed by atoms with Gasteiger partial charge in [-0.05, 0) is 19.0 Å². The lowest BCUT2D eigenvalue weighted by atomic mass is 9.81. The summed E-state index contributed by atoms with van der Waals surface area (Å²) < 4.78 is 0. The zero-order valence-corrected chi connectivity index (χ0v) is 10.6. The molecule has 1 unspecified atom stereocenters. The Morgan fingerprint density at radius 2 is 1.76 bits per heavy atom. The van der Waals surface area contributed by atoms with E-state index in [4.69, 9.17) is 0 Å². The summed E-state index contributed by atoms with van der Waals surface area (Å²) in [6.45, 7) is 5.70. The molecule has 0 aliphatic heterocycles. The second-order valence-corrected chi connectivity index (χ2v) is 3.98. The largest absolute Gasteiger partial charge is 0.297 e. The normalized spacial score (nSPS) is 14.1. The zero-order valence-electron chi connectivity index (χ0n) is 10.6. The van der Waals surface area contributed by atoms with Gasteiger partial charge < -0.3 is 0 Å². The molecule has 1 aromatic rings. The molecular formula is C14H19NO2. The van der Waals surface area contributed by atoms with Gasteiger partial charge in [-0.2, -0.15) is 0 Å². The van der Waals surface area contributed by atoms with Crippen LogP contribution in [0.25, 0.3) is 0 Å². The van der Waals surface area contributed by atoms with E-state index in [0.29, 0.717) is 13.0 Å². The SMILES string of the molecule is CCNC(C(C)=O)(C(=O)CC)c1ccccc1. The van der Waals surface area contributed by atoms with Crippen LogP contribution in [0.15, 0.2) is 30.3 Å². The van der Waals surface area contributed by atoms with Gasteiger partial charge in [0.25, 0.3) is 0 Å². The highest BCUT2D eigenvalue weighted by molar-refractivity contribution is 6.11. The molecule has 1 aromatic carbocycles. The van der Waals surface area contributed by atoms with Gasteiger partial charge in [0.1, 0.15) is 0 Å². The van der Waals surface area contributed by atoms with Crippen molar-refractivity contribution in [3.05, 3.63) is 35.9 Å². The maximum absolute atomic E-state index is 12.2. The smallest absolute Gasteiger partial charge is 0.164 e. The van der Waals surface area contributed by atoms with Gasteiger partial charge in [-0.1, -0.05) is 44.2 Å². The number of Topliss-reactive ketones (excluding diaryl/α,β-unsaturated/α-hetero) is 2. The Hall–Kier alpha value is -1.48. The number of carbonyl (C=O) groups is 2. The van der Waals surface area contributed by atoms with E-state index in [0.717, 1.165) is 5.56 Å². The van der Waals surface area contributed by atoms with Crippen LogP contribution < -0.4 is 5.32 Å². The summed E-state index contributed by atoms with van der Waals surface area (Å²) in [4.78, 5) is 24.2. The summed E-state index contributed by atoms with van der Waals surface area (Å²) in [5, 5.41) is 3.06. The third-order valence-electron chi connectivity index (χ3n) is 2.92. The number of likely N-dealkylation sites (N-methyl/N-ethyl adjacent to an activating group) is 1. The van der Waals surface area contributed by atoms with Crippen molar-refractivity contribution in [2.45, 2.75) is 32.7 Å². The van der Waals surface area contributed by atoms with Crippen LogP contribution in [0.2, 0.25) is 0 Å². The average Bonchev–Trinajstić information content (AvgIpc) is 2.35. The van der Waals surface area contributed by atoms with E-state index in [1.54, 1.807) is 6.92 Å². The molecular weight excluding hydrogens is 214 g/mol. The minimum Gasteiger partial charge on any atom is -0.297 e. The number of hydrogen-bond acceptors (Lipinski definition) is 3. The average molecular weight is 233 g/mol. The van der Waals surface area contributed by atoms with E-state index in [1.807, 2.05) is 37.3 Å². The Kier molecular flexibility index (Phi) is 4.58. The van der Waals surface area contributed by atoms with E-state index in [1.165, 1.54) is 6.92 Å². The van der Waals surface area contributed by atoms with Crippen molar-refractivity contribution in [2.24, 2.45) is 0 Å². The highest BCUT2D eigenvalue weighted by Gasteiger charge is 2.42. The lowest BCUT2D eigenvalue weighted by molar-refractivity contribution is -0.135. The zero-order chi connectivity index (χ0) is 12.9. The lowest BCUT2D eigenvalue weighted by Gasteiger charge is -2.31. The molecule has 17 heavy (non-hydrogen) atoms.